The maximum Gasteiger partial charge on any atom is 0.0961 e. The van der Waals surface area contributed by atoms with E-state index in [2.05, 4.69) is 22.9 Å². The largest absolute Gasteiger partial charge is 0.387 e. The molecule has 18 heavy (non-hydrogen) atoms. The van der Waals surface area contributed by atoms with Crippen molar-refractivity contribution in [2.24, 2.45) is 17.1 Å². The Bertz CT molecular complexity index is 395. The normalized spacial score (nSPS) is 30.3. The van der Waals surface area contributed by atoms with Crippen LogP contribution in [-0.2, 0) is 0 Å². The van der Waals surface area contributed by atoms with Crippen molar-refractivity contribution in [1.82, 2.24) is 0 Å². The molecule has 1 aliphatic rings. The van der Waals surface area contributed by atoms with E-state index in [1.807, 2.05) is 11.4 Å². The van der Waals surface area contributed by atoms with Crippen LogP contribution in [0.1, 0.15) is 50.0 Å². The molecule has 4 heteroatoms. The zero-order chi connectivity index (χ0) is 13.2. The molecular formula is C14H22BrNOS. The first-order valence-electron chi connectivity index (χ1n) is 6.74. The summed E-state index contributed by atoms with van der Waals surface area (Å²) in [4.78, 5) is 1.04. The van der Waals surface area contributed by atoms with Crippen molar-refractivity contribution >= 4 is 27.3 Å². The fourth-order valence-electron chi connectivity index (χ4n) is 3.19. The van der Waals surface area contributed by atoms with Gasteiger partial charge in [-0.15, -0.1) is 11.3 Å². The molecule has 1 aromatic rings. The van der Waals surface area contributed by atoms with Crippen LogP contribution in [0.5, 0.6) is 0 Å². The number of hydrogen-bond acceptors (Lipinski definition) is 3. The maximum absolute atomic E-state index is 10.8. The first kappa shape index (κ1) is 14.5. The van der Waals surface area contributed by atoms with E-state index >= 15 is 0 Å². The summed E-state index contributed by atoms with van der Waals surface area (Å²) in [7, 11) is 0. The third-order valence-electron chi connectivity index (χ3n) is 4.44. The van der Waals surface area contributed by atoms with Crippen LogP contribution >= 0.6 is 27.3 Å². The Morgan fingerprint density at radius 2 is 2.44 bits per heavy atom. The Morgan fingerprint density at radius 1 is 1.67 bits per heavy atom. The number of hydrogen-bond donors (Lipinski definition) is 2. The van der Waals surface area contributed by atoms with Crippen LogP contribution in [0.4, 0.5) is 0 Å². The van der Waals surface area contributed by atoms with Crippen molar-refractivity contribution in [2.75, 3.05) is 6.54 Å². The average Bonchev–Trinajstić information content (AvgIpc) is 2.84. The maximum atomic E-state index is 10.8. The number of nitrogens with two attached hydrogens (primary N) is 1. The quantitative estimate of drug-likeness (QED) is 0.872. The highest BCUT2D eigenvalue weighted by Gasteiger charge is 2.42. The second-order valence-corrected chi connectivity index (χ2v) is 7.27. The first-order chi connectivity index (χ1) is 8.63. The Labute approximate surface area is 122 Å². The highest BCUT2D eigenvalue weighted by atomic mass is 79.9. The number of aliphatic hydroxyl groups is 1. The molecule has 0 spiro atoms. The minimum absolute atomic E-state index is 0.119. The number of rotatable bonds is 4. The molecule has 0 saturated heterocycles. The standard InChI is InChI=1S/C14H22BrNOS/c1-2-10-4-3-6-14(8-10,9-16)13(17)12-11(15)5-7-18-12/h5,7,10,13,17H,2-4,6,8-9,16H2,1H3. The third-order valence-corrected chi connectivity index (χ3v) is 6.36. The van der Waals surface area contributed by atoms with E-state index in [-0.39, 0.29) is 5.41 Å². The zero-order valence-electron chi connectivity index (χ0n) is 10.9. The summed E-state index contributed by atoms with van der Waals surface area (Å²) < 4.78 is 1.02. The third kappa shape index (κ3) is 2.67. The second-order valence-electron chi connectivity index (χ2n) is 5.47. The average molecular weight is 332 g/mol. The van der Waals surface area contributed by atoms with Gasteiger partial charge in [0, 0.05) is 21.3 Å². The molecule has 1 heterocycles. The van der Waals surface area contributed by atoms with Crippen LogP contribution in [0.15, 0.2) is 15.9 Å². The number of aliphatic hydroxyl groups excluding tert-OH is 1. The number of thiophene rings is 1. The molecule has 3 unspecified atom stereocenters. The van der Waals surface area contributed by atoms with Crippen LogP contribution in [0.25, 0.3) is 0 Å². The van der Waals surface area contributed by atoms with E-state index in [0.717, 1.165) is 28.1 Å². The molecule has 3 atom stereocenters. The van der Waals surface area contributed by atoms with Gasteiger partial charge in [-0.25, -0.2) is 0 Å². The first-order valence-corrected chi connectivity index (χ1v) is 8.41. The molecule has 1 aromatic heterocycles. The minimum Gasteiger partial charge on any atom is -0.387 e. The second kappa shape index (κ2) is 6.04. The van der Waals surface area contributed by atoms with E-state index in [1.54, 1.807) is 11.3 Å². The summed E-state index contributed by atoms with van der Waals surface area (Å²) in [5.74, 6) is 0.718. The van der Waals surface area contributed by atoms with Gasteiger partial charge in [0.15, 0.2) is 0 Å². The predicted molar refractivity (Wildman–Crippen MR) is 80.7 cm³/mol. The Kier molecular flexibility index (Phi) is 4.86. The van der Waals surface area contributed by atoms with Crippen LogP contribution < -0.4 is 5.73 Å². The molecule has 1 saturated carbocycles. The smallest absolute Gasteiger partial charge is 0.0961 e. The van der Waals surface area contributed by atoms with Gasteiger partial charge in [0.05, 0.1) is 6.10 Å². The van der Waals surface area contributed by atoms with Gasteiger partial charge >= 0.3 is 0 Å². The molecule has 1 fully saturated rings. The van der Waals surface area contributed by atoms with Crippen molar-refractivity contribution in [2.45, 2.75) is 45.1 Å². The van der Waals surface area contributed by atoms with Gasteiger partial charge in [-0.05, 0) is 46.1 Å². The molecule has 1 aliphatic carbocycles. The van der Waals surface area contributed by atoms with E-state index in [1.165, 1.54) is 19.3 Å². The number of halogens is 1. The van der Waals surface area contributed by atoms with Crippen molar-refractivity contribution in [3.05, 3.63) is 20.8 Å². The van der Waals surface area contributed by atoms with Crippen LogP contribution in [0.2, 0.25) is 0 Å². The summed E-state index contributed by atoms with van der Waals surface area (Å²) >= 11 is 5.15. The topological polar surface area (TPSA) is 46.2 Å². The Balaban J connectivity index is 2.24. The van der Waals surface area contributed by atoms with Crippen molar-refractivity contribution in [3.8, 4) is 0 Å². The molecule has 0 radical (unpaired) electrons. The SMILES string of the molecule is CCC1CCCC(CN)(C(O)c2sccc2Br)C1. The van der Waals surface area contributed by atoms with E-state index in [9.17, 15) is 5.11 Å². The Morgan fingerprint density at radius 3 is 3.00 bits per heavy atom. The summed E-state index contributed by atoms with van der Waals surface area (Å²) in [6.07, 6.45) is 5.36. The van der Waals surface area contributed by atoms with Gasteiger partial charge in [0.25, 0.3) is 0 Å². The van der Waals surface area contributed by atoms with Crippen LogP contribution in [-0.4, -0.2) is 11.7 Å². The van der Waals surface area contributed by atoms with Gasteiger partial charge in [-0.3, -0.25) is 0 Å². The van der Waals surface area contributed by atoms with Gasteiger partial charge in [-0.1, -0.05) is 26.2 Å². The van der Waals surface area contributed by atoms with Crippen molar-refractivity contribution < 1.29 is 5.11 Å². The molecule has 2 nitrogen and oxygen atoms in total. The van der Waals surface area contributed by atoms with Gasteiger partial charge in [0.2, 0.25) is 0 Å². The Hall–Kier alpha value is 0.100. The molecule has 3 N–H and O–H groups in total. The molecule has 0 aliphatic heterocycles. The molecule has 0 bridgehead atoms. The summed E-state index contributed by atoms with van der Waals surface area (Å²) in [6, 6.07) is 2.01. The van der Waals surface area contributed by atoms with Crippen molar-refractivity contribution in [3.63, 3.8) is 0 Å². The minimum atomic E-state index is -0.425. The lowest BCUT2D eigenvalue weighted by molar-refractivity contribution is -0.0144. The lowest BCUT2D eigenvalue weighted by Crippen LogP contribution is -2.40. The molecule has 0 amide bonds. The van der Waals surface area contributed by atoms with Gasteiger partial charge < -0.3 is 10.8 Å². The van der Waals surface area contributed by atoms with Crippen LogP contribution in [0, 0.1) is 11.3 Å². The van der Waals surface area contributed by atoms with Gasteiger partial charge in [-0.2, -0.15) is 0 Å². The summed E-state index contributed by atoms with van der Waals surface area (Å²) in [6.45, 7) is 2.82. The van der Waals surface area contributed by atoms with Crippen LogP contribution in [0.3, 0.4) is 0 Å². The molecule has 0 aromatic carbocycles. The fraction of sp³-hybridized carbons (Fsp3) is 0.714. The van der Waals surface area contributed by atoms with E-state index in [0.29, 0.717) is 6.54 Å². The summed E-state index contributed by atoms with van der Waals surface area (Å²) in [5.41, 5.74) is 5.92. The lowest BCUT2D eigenvalue weighted by Gasteiger charge is -2.43. The molecule has 2 rings (SSSR count). The predicted octanol–water partition coefficient (Wildman–Crippen LogP) is 4.09. The highest BCUT2D eigenvalue weighted by molar-refractivity contribution is 9.10. The monoisotopic (exact) mass is 331 g/mol. The highest BCUT2D eigenvalue weighted by Crippen LogP contribution is 2.50. The fourth-order valence-corrected chi connectivity index (χ4v) is 4.91. The van der Waals surface area contributed by atoms with Crippen molar-refractivity contribution in [1.29, 1.82) is 0 Å². The molecule has 102 valence electrons. The van der Waals surface area contributed by atoms with Gasteiger partial charge in [0.1, 0.15) is 0 Å². The lowest BCUT2D eigenvalue weighted by atomic mass is 9.65. The zero-order valence-corrected chi connectivity index (χ0v) is 13.3. The summed E-state index contributed by atoms with van der Waals surface area (Å²) in [5, 5.41) is 12.8. The molecular weight excluding hydrogens is 310 g/mol. The van der Waals surface area contributed by atoms with E-state index in [4.69, 9.17) is 5.73 Å². The van der Waals surface area contributed by atoms with E-state index < -0.39 is 6.10 Å².